The largest absolute Gasteiger partial charge is 0.491 e. The molecule has 1 saturated carbocycles. The van der Waals surface area contributed by atoms with Crippen molar-refractivity contribution in [2.24, 2.45) is 5.92 Å². The van der Waals surface area contributed by atoms with Crippen molar-refractivity contribution in [1.29, 1.82) is 0 Å². The van der Waals surface area contributed by atoms with Gasteiger partial charge in [-0.05, 0) is 63.6 Å². The van der Waals surface area contributed by atoms with Crippen LogP contribution < -0.4 is 15.4 Å². The maximum atomic E-state index is 11.7. The fraction of sp³-hybridized carbons (Fsp3) is 0.588. The second-order valence-corrected chi connectivity index (χ2v) is 6.09. The van der Waals surface area contributed by atoms with Crippen molar-refractivity contribution in [2.45, 2.75) is 52.2 Å². The van der Waals surface area contributed by atoms with Crippen molar-refractivity contribution in [2.75, 3.05) is 6.54 Å². The molecule has 1 aromatic carbocycles. The molecular weight excluding hydrogens is 264 g/mol. The number of urea groups is 1. The van der Waals surface area contributed by atoms with E-state index in [0.29, 0.717) is 12.5 Å². The first-order valence-corrected chi connectivity index (χ1v) is 7.84. The van der Waals surface area contributed by atoms with E-state index in [2.05, 4.69) is 17.6 Å². The van der Waals surface area contributed by atoms with Crippen molar-refractivity contribution in [3.63, 3.8) is 0 Å². The number of carbonyl (C=O) groups is 1. The van der Waals surface area contributed by atoms with Crippen LogP contribution in [0.5, 0.6) is 5.75 Å². The Kier molecular flexibility index (Phi) is 5.48. The molecule has 2 N–H and O–H groups in total. The molecule has 0 aromatic heterocycles. The van der Waals surface area contributed by atoms with Crippen LogP contribution in [0.25, 0.3) is 0 Å². The van der Waals surface area contributed by atoms with E-state index in [4.69, 9.17) is 4.74 Å². The molecule has 1 atom stereocenters. The summed E-state index contributed by atoms with van der Waals surface area (Å²) < 4.78 is 5.60. The smallest absolute Gasteiger partial charge is 0.315 e. The van der Waals surface area contributed by atoms with Gasteiger partial charge >= 0.3 is 6.03 Å². The Hall–Kier alpha value is -1.71. The Morgan fingerprint density at radius 2 is 1.90 bits per heavy atom. The summed E-state index contributed by atoms with van der Waals surface area (Å²) in [7, 11) is 0. The van der Waals surface area contributed by atoms with Gasteiger partial charge in [0.15, 0.2) is 0 Å². The molecule has 0 radical (unpaired) electrons. The minimum absolute atomic E-state index is 0.0610. The van der Waals surface area contributed by atoms with Gasteiger partial charge in [-0.2, -0.15) is 0 Å². The predicted octanol–water partition coefficient (Wildman–Crippen LogP) is 3.11. The van der Waals surface area contributed by atoms with Crippen LogP contribution in [-0.4, -0.2) is 24.7 Å². The van der Waals surface area contributed by atoms with Crippen LogP contribution in [0.4, 0.5) is 4.79 Å². The molecule has 1 unspecified atom stereocenters. The van der Waals surface area contributed by atoms with E-state index in [1.54, 1.807) is 0 Å². The van der Waals surface area contributed by atoms with Crippen LogP contribution in [0.2, 0.25) is 0 Å². The van der Waals surface area contributed by atoms with Gasteiger partial charge in [0.25, 0.3) is 0 Å². The molecule has 0 saturated heterocycles. The normalized spacial score (nSPS) is 15.6. The van der Waals surface area contributed by atoms with Crippen LogP contribution in [0.15, 0.2) is 24.3 Å². The highest BCUT2D eigenvalue weighted by atomic mass is 16.5. The standard InChI is InChI=1S/C17H26N2O2/c1-12(2)21-16-8-4-14(5-9-16)10-11-18-17(20)19-13(3)15-6-7-15/h4-5,8-9,12-13,15H,6-7,10-11H2,1-3H3,(H2,18,19,20). The minimum atomic E-state index is -0.0610. The Morgan fingerprint density at radius 3 is 2.48 bits per heavy atom. The summed E-state index contributed by atoms with van der Waals surface area (Å²) in [6.07, 6.45) is 3.50. The monoisotopic (exact) mass is 290 g/mol. The second-order valence-electron chi connectivity index (χ2n) is 6.09. The zero-order chi connectivity index (χ0) is 15.2. The predicted molar refractivity (Wildman–Crippen MR) is 84.6 cm³/mol. The highest BCUT2D eigenvalue weighted by Gasteiger charge is 2.28. The summed E-state index contributed by atoms with van der Waals surface area (Å²) in [5, 5.41) is 5.90. The van der Waals surface area contributed by atoms with E-state index in [-0.39, 0.29) is 18.2 Å². The molecule has 4 nitrogen and oxygen atoms in total. The van der Waals surface area contributed by atoms with Gasteiger partial charge in [0, 0.05) is 12.6 Å². The van der Waals surface area contributed by atoms with Gasteiger partial charge in [0.2, 0.25) is 0 Å². The van der Waals surface area contributed by atoms with E-state index in [1.165, 1.54) is 18.4 Å². The molecule has 1 aliphatic carbocycles. The molecule has 4 heteroatoms. The third-order valence-corrected chi connectivity index (χ3v) is 3.68. The lowest BCUT2D eigenvalue weighted by Gasteiger charge is -2.14. The third-order valence-electron chi connectivity index (χ3n) is 3.68. The Labute approximate surface area is 127 Å². The summed E-state index contributed by atoms with van der Waals surface area (Å²) >= 11 is 0. The summed E-state index contributed by atoms with van der Waals surface area (Å²) in [5.41, 5.74) is 1.20. The lowest BCUT2D eigenvalue weighted by molar-refractivity contribution is 0.236. The first-order chi connectivity index (χ1) is 10.0. The van der Waals surface area contributed by atoms with Crippen LogP contribution in [0.3, 0.4) is 0 Å². The van der Waals surface area contributed by atoms with Crippen LogP contribution in [0.1, 0.15) is 39.2 Å². The van der Waals surface area contributed by atoms with Crippen molar-refractivity contribution < 1.29 is 9.53 Å². The van der Waals surface area contributed by atoms with E-state index in [9.17, 15) is 4.79 Å². The molecule has 116 valence electrons. The molecule has 0 bridgehead atoms. The highest BCUT2D eigenvalue weighted by Crippen LogP contribution is 2.32. The number of rotatable bonds is 7. The van der Waals surface area contributed by atoms with Gasteiger partial charge in [0.05, 0.1) is 6.10 Å². The number of hydrogen-bond acceptors (Lipinski definition) is 2. The van der Waals surface area contributed by atoms with Gasteiger partial charge in [0.1, 0.15) is 5.75 Å². The fourth-order valence-electron chi connectivity index (χ4n) is 2.30. The maximum absolute atomic E-state index is 11.7. The molecule has 0 aliphatic heterocycles. The van der Waals surface area contributed by atoms with Gasteiger partial charge in [-0.3, -0.25) is 0 Å². The van der Waals surface area contributed by atoms with Gasteiger partial charge < -0.3 is 15.4 Å². The molecule has 0 spiro atoms. The van der Waals surface area contributed by atoms with Crippen LogP contribution in [0, 0.1) is 5.92 Å². The first kappa shape index (κ1) is 15.7. The number of benzene rings is 1. The van der Waals surface area contributed by atoms with E-state index in [0.717, 1.165) is 12.2 Å². The second kappa shape index (κ2) is 7.34. The number of ether oxygens (including phenoxy) is 1. The number of nitrogens with one attached hydrogen (secondary N) is 2. The summed E-state index contributed by atoms with van der Waals surface area (Å²) in [5.74, 6) is 1.57. The van der Waals surface area contributed by atoms with E-state index in [1.807, 2.05) is 38.1 Å². The van der Waals surface area contributed by atoms with Gasteiger partial charge in [-0.15, -0.1) is 0 Å². The molecule has 0 heterocycles. The molecule has 2 rings (SSSR count). The summed E-state index contributed by atoms with van der Waals surface area (Å²) in [6, 6.07) is 8.27. The van der Waals surface area contributed by atoms with E-state index >= 15 is 0 Å². The van der Waals surface area contributed by atoms with Crippen molar-refractivity contribution in [1.82, 2.24) is 10.6 Å². The average Bonchev–Trinajstić information content (AvgIpc) is 3.24. The Bertz CT molecular complexity index is 452. The zero-order valence-electron chi connectivity index (χ0n) is 13.2. The van der Waals surface area contributed by atoms with Crippen molar-refractivity contribution in [3.05, 3.63) is 29.8 Å². The molecule has 21 heavy (non-hydrogen) atoms. The lowest BCUT2D eigenvalue weighted by Crippen LogP contribution is -2.42. The minimum Gasteiger partial charge on any atom is -0.491 e. The fourth-order valence-corrected chi connectivity index (χ4v) is 2.30. The highest BCUT2D eigenvalue weighted by molar-refractivity contribution is 5.74. The molecule has 1 fully saturated rings. The Morgan fingerprint density at radius 1 is 1.24 bits per heavy atom. The number of carbonyl (C=O) groups excluding carboxylic acids is 1. The summed E-state index contributed by atoms with van der Waals surface area (Å²) in [4.78, 5) is 11.7. The van der Waals surface area contributed by atoms with Crippen molar-refractivity contribution >= 4 is 6.03 Å². The lowest BCUT2D eigenvalue weighted by atomic mass is 10.1. The SMILES string of the molecule is CC(C)Oc1ccc(CCNC(=O)NC(C)C2CC2)cc1. The molecular formula is C17H26N2O2. The quantitative estimate of drug-likeness (QED) is 0.810. The van der Waals surface area contributed by atoms with Crippen molar-refractivity contribution in [3.8, 4) is 5.75 Å². The van der Waals surface area contributed by atoms with Gasteiger partial charge in [-0.25, -0.2) is 4.79 Å². The third kappa shape index (κ3) is 5.66. The van der Waals surface area contributed by atoms with E-state index < -0.39 is 0 Å². The maximum Gasteiger partial charge on any atom is 0.315 e. The molecule has 1 aromatic rings. The van der Waals surface area contributed by atoms with Crippen LogP contribution >= 0.6 is 0 Å². The summed E-state index contributed by atoms with van der Waals surface area (Å²) in [6.45, 7) is 6.75. The van der Waals surface area contributed by atoms with Crippen LogP contribution in [-0.2, 0) is 6.42 Å². The Balaban J connectivity index is 1.66. The number of amides is 2. The average molecular weight is 290 g/mol. The topological polar surface area (TPSA) is 50.4 Å². The molecule has 1 aliphatic rings. The first-order valence-electron chi connectivity index (χ1n) is 7.84. The van der Waals surface area contributed by atoms with Gasteiger partial charge in [-0.1, -0.05) is 12.1 Å². The number of hydrogen-bond donors (Lipinski definition) is 2. The molecule has 2 amide bonds. The zero-order valence-corrected chi connectivity index (χ0v) is 13.2.